The van der Waals surface area contributed by atoms with Crippen LogP contribution in [0.2, 0.25) is 0 Å². The van der Waals surface area contributed by atoms with Gasteiger partial charge in [0.15, 0.2) is 10.7 Å². The van der Waals surface area contributed by atoms with E-state index in [0.29, 0.717) is 97.9 Å². The highest BCUT2D eigenvalue weighted by atomic mass is 32.2. The summed E-state index contributed by atoms with van der Waals surface area (Å²) in [5, 5.41) is 8.44. The fraction of sp³-hybridized carbons (Fsp3) is 0.517. The third-order valence-corrected chi connectivity index (χ3v) is 11.3. The van der Waals surface area contributed by atoms with E-state index < -0.39 is 27.1 Å². The number of sulfonamides is 1. The number of hydrogen-bond donors (Lipinski definition) is 1. The van der Waals surface area contributed by atoms with Crippen LogP contribution >= 0.6 is 11.3 Å². The SMILES string of the molecule is [C-]#[N+]C1(NS(=O)(=O)c2ccc3c4c(N5C[C@@H](C)N(C(=O)CN6CCOCC6)[C@@H](C)C5)ncnc4n(-c4nnc(C(F)F)s4)c3c2)CC1. The fourth-order valence-electron chi connectivity index (χ4n) is 6.49. The van der Waals surface area contributed by atoms with Gasteiger partial charge in [0.05, 0.1) is 48.4 Å². The van der Waals surface area contributed by atoms with Crippen LogP contribution in [0, 0.1) is 6.57 Å². The van der Waals surface area contributed by atoms with Crippen molar-refractivity contribution in [3.63, 3.8) is 0 Å². The van der Waals surface area contributed by atoms with Crippen LogP contribution in [0.3, 0.4) is 0 Å². The third kappa shape index (κ3) is 5.80. The van der Waals surface area contributed by atoms with E-state index in [0.717, 1.165) is 0 Å². The molecule has 4 aromatic rings. The largest absolute Gasteiger partial charge is 0.379 e. The summed E-state index contributed by atoms with van der Waals surface area (Å²) in [6, 6.07) is 4.21. The van der Waals surface area contributed by atoms with E-state index in [9.17, 15) is 22.0 Å². The molecule has 5 heterocycles. The Balaban J connectivity index is 1.29. The Kier molecular flexibility index (Phi) is 8.07. The van der Waals surface area contributed by atoms with E-state index in [4.69, 9.17) is 11.3 Å². The molecular formula is C29H32F2N10O4S2. The Hall–Kier alpha value is -3.89. The second kappa shape index (κ2) is 12.0. The molecule has 18 heteroatoms. The molecule has 47 heavy (non-hydrogen) atoms. The lowest BCUT2D eigenvalue weighted by atomic mass is 10.1. The van der Waals surface area contributed by atoms with Crippen LogP contribution in [0.4, 0.5) is 14.6 Å². The van der Waals surface area contributed by atoms with E-state index in [1.165, 1.54) is 23.0 Å². The molecule has 248 valence electrons. The number of carbonyl (C=O) groups excluding carboxylic acids is 1. The standard InChI is InChI=1S/C29H32F2N10O4S2/c1-17-13-39(14-18(2)40(17)22(42)15-38-8-10-45-11-9-38)25-23-20-5-4-19(47(43,44)37-29(32-3)6-7-29)12-21(20)41(26(23)34-16-33-25)28-36-35-27(46-28)24(30)31/h4-5,12,16-18,24,37H,6-11,13-15H2,1-2H3/t17-,18+. The number of benzene rings is 1. The number of aromatic nitrogens is 5. The van der Waals surface area contributed by atoms with Gasteiger partial charge in [-0.15, -0.1) is 14.9 Å². The van der Waals surface area contributed by atoms with Crippen LogP contribution in [0.25, 0.3) is 31.9 Å². The van der Waals surface area contributed by atoms with Crippen molar-refractivity contribution in [2.24, 2.45) is 0 Å². The highest BCUT2D eigenvalue weighted by molar-refractivity contribution is 7.89. The topological polar surface area (TPSA) is 143 Å². The second-order valence-corrected chi connectivity index (χ2v) is 14.8. The zero-order valence-corrected chi connectivity index (χ0v) is 27.3. The highest BCUT2D eigenvalue weighted by Gasteiger charge is 2.54. The number of ether oxygens (including phenoxy) is 1. The average Bonchev–Trinajstić information content (AvgIpc) is 3.48. The zero-order valence-electron chi connectivity index (χ0n) is 25.6. The number of nitrogens with zero attached hydrogens (tertiary/aromatic N) is 9. The predicted molar refractivity (Wildman–Crippen MR) is 169 cm³/mol. The van der Waals surface area contributed by atoms with Crippen molar-refractivity contribution in [3.05, 3.63) is 41.0 Å². The molecular weight excluding hydrogens is 655 g/mol. The molecule has 0 unspecified atom stereocenters. The van der Waals surface area contributed by atoms with Gasteiger partial charge in [0, 0.05) is 43.6 Å². The lowest BCUT2D eigenvalue weighted by Gasteiger charge is -2.45. The van der Waals surface area contributed by atoms with Crippen molar-refractivity contribution in [2.45, 2.75) is 55.8 Å². The first-order valence-corrected chi connectivity index (χ1v) is 17.5. The maximum absolute atomic E-state index is 13.6. The Labute approximate surface area is 273 Å². The summed E-state index contributed by atoms with van der Waals surface area (Å²) in [4.78, 5) is 32.0. The minimum absolute atomic E-state index is 0.0515. The minimum Gasteiger partial charge on any atom is -0.379 e. The van der Waals surface area contributed by atoms with E-state index in [2.05, 4.69) is 39.5 Å². The molecule has 1 amide bonds. The van der Waals surface area contributed by atoms with Crippen molar-refractivity contribution in [1.29, 1.82) is 0 Å². The number of amides is 1. The van der Waals surface area contributed by atoms with Crippen molar-refractivity contribution >= 4 is 55.0 Å². The molecule has 2 atom stereocenters. The smallest absolute Gasteiger partial charge is 0.299 e. The van der Waals surface area contributed by atoms with Crippen LogP contribution in [0.5, 0.6) is 0 Å². The molecule has 3 aliphatic rings. The van der Waals surface area contributed by atoms with Crippen LogP contribution in [-0.4, -0.2) is 113 Å². The summed E-state index contributed by atoms with van der Waals surface area (Å²) in [5.41, 5.74) is -0.450. The number of hydrogen-bond acceptors (Lipinski definition) is 11. The number of morpholine rings is 1. The first-order valence-electron chi connectivity index (χ1n) is 15.2. The maximum Gasteiger partial charge on any atom is 0.299 e. The van der Waals surface area contributed by atoms with Gasteiger partial charge >= 0.3 is 0 Å². The van der Waals surface area contributed by atoms with Crippen molar-refractivity contribution < 1.29 is 26.7 Å². The summed E-state index contributed by atoms with van der Waals surface area (Å²) in [7, 11) is -4.10. The number of piperazine rings is 1. The normalized spacial score (nSPS) is 21.9. The van der Waals surface area contributed by atoms with Gasteiger partial charge < -0.3 is 14.5 Å². The molecule has 0 spiro atoms. The lowest BCUT2D eigenvalue weighted by molar-refractivity contribution is -0.138. The van der Waals surface area contributed by atoms with Gasteiger partial charge in [-0.05, 0) is 26.0 Å². The predicted octanol–water partition coefficient (Wildman–Crippen LogP) is 2.81. The number of nitrogens with one attached hydrogen (secondary N) is 1. The lowest BCUT2D eigenvalue weighted by Crippen LogP contribution is -2.60. The Morgan fingerprint density at radius 2 is 1.89 bits per heavy atom. The Morgan fingerprint density at radius 1 is 1.17 bits per heavy atom. The molecule has 2 saturated heterocycles. The summed E-state index contributed by atoms with van der Waals surface area (Å²) < 4.78 is 63.4. The van der Waals surface area contributed by atoms with Gasteiger partial charge in [0.25, 0.3) is 12.1 Å². The number of carbonyl (C=O) groups is 1. The minimum atomic E-state index is -4.10. The number of fused-ring (bicyclic) bond motifs is 3. The molecule has 1 N–H and O–H groups in total. The van der Waals surface area contributed by atoms with Gasteiger partial charge in [-0.1, -0.05) is 17.4 Å². The van der Waals surface area contributed by atoms with Gasteiger partial charge in [-0.3, -0.25) is 19.1 Å². The molecule has 7 rings (SSSR count). The molecule has 1 aliphatic carbocycles. The van der Waals surface area contributed by atoms with E-state index in [1.54, 1.807) is 6.07 Å². The molecule has 2 aliphatic heterocycles. The quantitative estimate of drug-likeness (QED) is 0.275. The van der Waals surface area contributed by atoms with Crippen LogP contribution in [0.1, 0.15) is 38.1 Å². The molecule has 0 radical (unpaired) electrons. The van der Waals surface area contributed by atoms with E-state index >= 15 is 0 Å². The van der Waals surface area contributed by atoms with Crippen LogP contribution in [0.15, 0.2) is 29.4 Å². The zero-order chi connectivity index (χ0) is 33.1. The Morgan fingerprint density at radius 3 is 2.53 bits per heavy atom. The summed E-state index contributed by atoms with van der Waals surface area (Å²) >= 11 is 0.681. The molecule has 14 nitrogen and oxygen atoms in total. The number of anilines is 1. The van der Waals surface area contributed by atoms with E-state index in [1.807, 2.05) is 18.7 Å². The van der Waals surface area contributed by atoms with Crippen molar-refractivity contribution in [2.75, 3.05) is 50.8 Å². The van der Waals surface area contributed by atoms with Gasteiger partial charge in [0.1, 0.15) is 12.1 Å². The summed E-state index contributed by atoms with van der Waals surface area (Å²) in [6.45, 7) is 15.3. The number of rotatable bonds is 8. The maximum atomic E-state index is 13.6. The highest BCUT2D eigenvalue weighted by Crippen LogP contribution is 2.41. The Bertz CT molecular complexity index is 1990. The fourth-order valence-corrected chi connectivity index (χ4v) is 8.59. The van der Waals surface area contributed by atoms with Gasteiger partial charge in [0.2, 0.25) is 21.1 Å². The van der Waals surface area contributed by atoms with Crippen molar-refractivity contribution in [1.82, 2.24) is 39.3 Å². The summed E-state index contributed by atoms with van der Waals surface area (Å²) in [6.07, 6.45) is -0.629. The van der Waals surface area contributed by atoms with Gasteiger partial charge in [-0.25, -0.2) is 33.7 Å². The molecule has 0 bridgehead atoms. The van der Waals surface area contributed by atoms with Crippen LogP contribution in [-0.2, 0) is 19.6 Å². The molecule has 3 fully saturated rings. The molecule has 3 aromatic heterocycles. The first-order chi connectivity index (χ1) is 22.5. The molecule has 1 aromatic carbocycles. The second-order valence-electron chi connectivity index (χ2n) is 12.2. The van der Waals surface area contributed by atoms with Crippen molar-refractivity contribution in [3.8, 4) is 5.13 Å². The van der Waals surface area contributed by atoms with E-state index in [-0.39, 0.29) is 28.0 Å². The average molecular weight is 687 g/mol. The third-order valence-electron chi connectivity index (χ3n) is 8.85. The van der Waals surface area contributed by atoms with Crippen LogP contribution < -0.4 is 9.62 Å². The molecule has 1 saturated carbocycles. The number of halogens is 2. The monoisotopic (exact) mass is 686 g/mol. The summed E-state index contributed by atoms with van der Waals surface area (Å²) in [5.74, 6) is 0.616. The van der Waals surface area contributed by atoms with Gasteiger partial charge in [-0.2, -0.15) is 0 Å². The first kappa shape index (κ1) is 31.7. The number of alkyl halides is 2.